The third-order valence-electron chi connectivity index (χ3n) is 18.6. The molecule has 450 valence electrons. The van der Waals surface area contributed by atoms with Gasteiger partial charge in [-0.25, -0.2) is 18.4 Å². The van der Waals surface area contributed by atoms with Crippen LogP contribution < -0.4 is 30.3 Å². The lowest BCUT2D eigenvalue weighted by Crippen LogP contribution is -2.57. The first-order valence-electron chi connectivity index (χ1n) is 30.3. The van der Waals surface area contributed by atoms with Crippen molar-refractivity contribution in [2.24, 2.45) is 24.8 Å². The quantitative estimate of drug-likeness (QED) is 0.0587. The van der Waals surface area contributed by atoms with E-state index in [1.165, 1.54) is 37.0 Å². The van der Waals surface area contributed by atoms with E-state index in [-0.39, 0.29) is 71.3 Å². The molecule has 3 atom stereocenters. The fraction of sp³-hybridized carbons (Fsp3) is 0.547. The number of terminal acetylenes is 1. The zero-order valence-electron chi connectivity index (χ0n) is 49.4. The summed E-state index contributed by atoms with van der Waals surface area (Å²) in [7, 11) is 3.24. The first-order chi connectivity index (χ1) is 41.0. The number of carbonyl (C=O) groups is 3. The van der Waals surface area contributed by atoms with Crippen molar-refractivity contribution < 1.29 is 42.1 Å². The highest BCUT2D eigenvalue weighted by molar-refractivity contribution is 6.03. The van der Waals surface area contributed by atoms with Crippen molar-refractivity contribution in [2.75, 3.05) is 95.8 Å². The number of aryl methyl sites for hydroxylation is 1. The van der Waals surface area contributed by atoms with Crippen LogP contribution in [0.5, 0.6) is 11.8 Å². The number of nitrogens with zero attached hydrogens (tertiary/aromatic N) is 10. The number of piperazine rings is 1. The SMILES string of the molecule is C#Cc1c(F)ccc2cc(OCOC)cc(-c3ncc4c(N5CC6CCC(C5)N6C(=O)OC(C)(C)C)nc(OCCN5CCC(CC6CCN(CC7CCN(c8ccc9c(c8)n(C)c(=O)n9C8CCC(=O)NC8=O)CC7)CC6)CC5)nc4c3F)c12. The summed E-state index contributed by atoms with van der Waals surface area (Å²) >= 11 is 0. The molecule has 19 nitrogen and oxygen atoms in total. The Morgan fingerprint density at radius 2 is 1.52 bits per heavy atom. The van der Waals surface area contributed by atoms with Crippen LogP contribution in [0, 0.1) is 41.7 Å². The number of amides is 3. The highest BCUT2D eigenvalue weighted by Gasteiger charge is 2.45. The normalized spacial score (nSPS) is 21.5. The van der Waals surface area contributed by atoms with Crippen molar-refractivity contribution >= 4 is 62.1 Å². The number of methoxy groups -OCH3 is 1. The van der Waals surface area contributed by atoms with Crippen LogP contribution in [0.25, 0.3) is 44.0 Å². The minimum Gasteiger partial charge on any atom is -0.468 e. The largest absolute Gasteiger partial charge is 0.468 e. The van der Waals surface area contributed by atoms with Crippen LogP contribution in [0.1, 0.15) is 103 Å². The fourth-order valence-electron chi connectivity index (χ4n) is 14.3. The van der Waals surface area contributed by atoms with E-state index in [0.29, 0.717) is 77.7 Å². The van der Waals surface area contributed by atoms with Crippen LogP contribution in [-0.2, 0) is 26.1 Å². The Hall–Kier alpha value is -7.41. The molecule has 0 saturated carbocycles. The molecular weight excluding hydrogens is 1090 g/mol. The number of likely N-dealkylation sites (tertiary alicyclic amines) is 2. The number of rotatable bonds is 15. The molecule has 6 aliphatic rings. The number of nitrogens with one attached hydrogen (secondary N) is 1. The van der Waals surface area contributed by atoms with E-state index in [9.17, 15) is 19.2 Å². The van der Waals surface area contributed by atoms with Gasteiger partial charge in [0.15, 0.2) is 12.6 Å². The molecule has 21 heteroatoms. The number of benzene rings is 3. The minimum atomic E-state index is -0.755. The molecule has 9 heterocycles. The predicted octanol–water partition coefficient (Wildman–Crippen LogP) is 8.42. The van der Waals surface area contributed by atoms with E-state index in [0.717, 1.165) is 101 Å². The molecule has 85 heavy (non-hydrogen) atoms. The molecule has 0 aliphatic carbocycles. The monoisotopic (exact) mass is 1170 g/mol. The maximum absolute atomic E-state index is 17.6. The van der Waals surface area contributed by atoms with Crippen LogP contribution in [-0.4, -0.2) is 160 Å². The molecule has 6 fully saturated rings. The lowest BCUT2D eigenvalue weighted by Gasteiger charge is -2.42. The van der Waals surface area contributed by atoms with Crippen LogP contribution in [0.15, 0.2) is 53.5 Å². The summed E-state index contributed by atoms with van der Waals surface area (Å²) in [5.41, 5.74) is 1.76. The number of carbonyl (C=O) groups excluding carboxylic acids is 3. The Bertz CT molecular complexity index is 3610. The van der Waals surface area contributed by atoms with Crippen LogP contribution in [0.4, 0.5) is 25.1 Å². The lowest BCUT2D eigenvalue weighted by atomic mass is 9.82. The molecule has 6 aliphatic heterocycles. The van der Waals surface area contributed by atoms with Gasteiger partial charge in [0.05, 0.1) is 34.1 Å². The van der Waals surface area contributed by atoms with Crippen molar-refractivity contribution in [3.05, 3.63) is 76.3 Å². The molecule has 2 bridgehead atoms. The van der Waals surface area contributed by atoms with Gasteiger partial charge in [0.25, 0.3) is 0 Å². The van der Waals surface area contributed by atoms with Gasteiger partial charge < -0.3 is 33.6 Å². The van der Waals surface area contributed by atoms with Crippen molar-refractivity contribution in [2.45, 2.75) is 115 Å². The summed E-state index contributed by atoms with van der Waals surface area (Å²) < 4.78 is 59.3. The van der Waals surface area contributed by atoms with Gasteiger partial charge in [0.2, 0.25) is 11.8 Å². The van der Waals surface area contributed by atoms with Gasteiger partial charge in [0, 0.05) is 82.7 Å². The summed E-state index contributed by atoms with van der Waals surface area (Å²) in [6.45, 7) is 14.6. The average molecular weight is 1170 g/mol. The number of pyridine rings is 1. The van der Waals surface area contributed by atoms with Crippen LogP contribution in [0.2, 0.25) is 0 Å². The Labute approximate surface area is 493 Å². The first-order valence-corrected chi connectivity index (χ1v) is 30.3. The zero-order valence-corrected chi connectivity index (χ0v) is 49.4. The van der Waals surface area contributed by atoms with Gasteiger partial charge in [-0.2, -0.15) is 9.97 Å². The lowest BCUT2D eigenvalue weighted by molar-refractivity contribution is -0.135. The number of halogens is 2. The molecule has 3 aromatic carbocycles. The number of imidazole rings is 1. The first kappa shape index (κ1) is 58.0. The van der Waals surface area contributed by atoms with E-state index in [4.69, 9.17) is 35.3 Å². The molecular formula is C64H77F2N11O8. The number of anilines is 2. The van der Waals surface area contributed by atoms with E-state index >= 15 is 8.78 Å². The minimum absolute atomic E-state index is 0.0140. The number of ether oxygens (including phenoxy) is 4. The average Bonchev–Trinajstić information content (AvgIpc) is 3.32. The van der Waals surface area contributed by atoms with Crippen molar-refractivity contribution in [3.63, 3.8) is 0 Å². The second-order valence-electron chi connectivity index (χ2n) is 25.3. The summed E-state index contributed by atoms with van der Waals surface area (Å²) in [6.07, 6.45) is 17.4. The molecule has 3 aromatic heterocycles. The summed E-state index contributed by atoms with van der Waals surface area (Å²) in [5, 5.41) is 3.60. The molecule has 6 saturated heterocycles. The highest BCUT2D eigenvalue weighted by Crippen LogP contribution is 2.42. The van der Waals surface area contributed by atoms with Crippen molar-refractivity contribution in [3.8, 4) is 35.4 Å². The molecule has 3 amide bonds. The second-order valence-corrected chi connectivity index (χ2v) is 25.3. The number of fused-ring (bicyclic) bond motifs is 5. The predicted molar refractivity (Wildman–Crippen MR) is 320 cm³/mol. The van der Waals surface area contributed by atoms with Gasteiger partial charge in [-0.05, 0) is 171 Å². The van der Waals surface area contributed by atoms with Gasteiger partial charge in [0.1, 0.15) is 46.8 Å². The van der Waals surface area contributed by atoms with Gasteiger partial charge >= 0.3 is 17.8 Å². The van der Waals surface area contributed by atoms with E-state index in [1.807, 2.05) is 31.7 Å². The standard InChI is InChI=1S/C64H77F2N11O8/c1-7-47-50(65)12-8-42-31-46(84-38-82-6)33-48(55(42)47)57-56(66)58-49(34-67-57)59(75-36-44-9-10-45(37-75)76(44)63(81)85-64(2,3)4)70-61(69-58)83-29-28-72-22-16-39(17-23-72)30-40-18-24-73(25-19-40)35-41-20-26-74(27-21-41)43-11-13-51-53(32-43)71(5)62(80)77(51)52-14-15-54(78)68-60(52)79/h1,8,11-13,31-34,39-41,44-45,52H,9-10,14-30,35-38H2,2-6H3,(H,68,78,79). The molecule has 6 aromatic rings. The van der Waals surface area contributed by atoms with Crippen molar-refractivity contribution in [1.82, 2.24) is 44.1 Å². The smallest absolute Gasteiger partial charge is 0.410 e. The maximum atomic E-state index is 17.6. The summed E-state index contributed by atoms with van der Waals surface area (Å²) in [5.74, 6) is 3.21. The zero-order chi connectivity index (χ0) is 59.3. The third kappa shape index (κ3) is 12.0. The number of piperidine rings is 4. The van der Waals surface area contributed by atoms with E-state index in [2.05, 4.69) is 48.0 Å². The molecule has 3 unspecified atom stereocenters. The Kier molecular flexibility index (Phi) is 16.5. The number of imide groups is 1. The van der Waals surface area contributed by atoms with Gasteiger partial charge in [-0.15, -0.1) is 6.42 Å². The second kappa shape index (κ2) is 24.2. The summed E-state index contributed by atoms with van der Waals surface area (Å²) in [4.78, 5) is 77.2. The molecule has 0 spiro atoms. The number of aromatic nitrogens is 5. The van der Waals surface area contributed by atoms with Gasteiger partial charge in [-0.1, -0.05) is 12.0 Å². The Morgan fingerprint density at radius 1 is 0.812 bits per heavy atom. The molecule has 0 radical (unpaired) electrons. The molecule has 1 N–H and O–H groups in total. The topological polar surface area (TPSA) is 182 Å². The van der Waals surface area contributed by atoms with Crippen molar-refractivity contribution in [1.29, 1.82) is 0 Å². The van der Waals surface area contributed by atoms with E-state index in [1.54, 1.807) is 36.0 Å². The Balaban J connectivity index is 0.658. The third-order valence-corrected chi connectivity index (χ3v) is 18.6. The van der Waals surface area contributed by atoms with Gasteiger partial charge in [-0.3, -0.25) is 38.8 Å². The number of hydrogen-bond donors (Lipinski definition) is 1. The highest BCUT2D eigenvalue weighted by atomic mass is 19.1. The molecule has 12 rings (SSSR count). The van der Waals surface area contributed by atoms with E-state index < -0.39 is 29.2 Å². The fourth-order valence-corrected chi connectivity index (χ4v) is 14.3. The van der Waals surface area contributed by atoms with Crippen LogP contribution >= 0.6 is 0 Å². The maximum Gasteiger partial charge on any atom is 0.410 e. The number of hydrogen-bond acceptors (Lipinski definition) is 15. The van der Waals surface area contributed by atoms with Crippen LogP contribution in [0.3, 0.4) is 0 Å². The Morgan fingerprint density at radius 3 is 2.20 bits per heavy atom. The summed E-state index contributed by atoms with van der Waals surface area (Å²) in [6, 6.07) is 11.2.